The topological polar surface area (TPSA) is 60.5 Å². The highest BCUT2D eigenvalue weighted by molar-refractivity contribution is 9.10. The van der Waals surface area contributed by atoms with Crippen LogP contribution in [0.25, 0.3) is 0 Å². The Bertz CT molecular complexity index is 724. The number of anilines is 1. The molecule has 0 bridgehead atoms. The number of carbonyl (C=O) groups is 1. The number of halogens is 2. The number of ether oxygens (including phenoxy) is 2. The predicted molar refractivity (Wildman–Crippen MR) is 93.3 cm³/mol. The molecule has 0 aliphatic rings. The SMILES string of the molecule is COC(=O)c1cnc(NC(C)c2cc(Br)ccc2OC)c(Cl)c1. The van der Waals surface area contributed by atoms with Gasteiger partial charge in [-0.3, -0.25) is 0 Å². The lowest BCUT2D eigenvalue weighted by atomic mass is 10.1. The Morgan fingerprint density at radius 2 is 2.09 bits per heavy atom. The van der Waals surface area contributed by atoms with Crippen LogP contribution in [0.4, 0.5) is 5.82 Å². The summed E-state index contributed by atoms with van der Waals surface area (Å²) in [7, 11) is 2.93. The van der Waals surface area contributed by atoms with Crippen molar-refractivity contribution in [2.75, 3.05) is 19.5 Å². The summed E-state index contributed by atoms with van der Waals surface area (Å²) >= 11 is 9.64. The maximum atomic E-state index is 11.5. The zero-order chi connectivity index (χ0) is 17.0. The molecule has 0 aliphatic heterocycles. The van der Waals surface area contributed by atoms with Crippen molar-refractivity contribution in [2.45, 2.75) is 13.0 Å². The van der Waals surface area contributed by atoms with Crippen molar-refractivity contribution in [1.82, 2.24) is 4.98 Å². The van der Waals surface area contributed by atoms with Crippen LogP contribution in [-0.2, 0) is 4.74 Å². The van der Waals surface area contributed by atoms with Gasteiger partial charge in [-0.05, 0) is 31.2 Å². The lowest BCUT2D eigenvalue weighted by molar-refractivity contribution is 0.0600. The predicted octanol–water partition coefficient (Wildman–Crippen LogP) is 4.47. The second kappa shape index (κ2) is 7.66. The number of pyridine rings is 1. The molecule has 0 fully saturated rings. The first-order chi connectivity index (χ1) is 11.0. The smallest absolute Gasteiger partial charge is 0.339 e. The molecule has 1 aromatic heterocycles. The summed E-state index contributed by atoms with van der Waals surface area (Å²) < 4.78 is 11.0. The molecule has 1 atom stereocenters. The second-order valence-electron chi connectivity index (χ2n) is 4.80. The summed E-state index contributed by atoms with van der Waals surface area (Å²) in [6.45, 7) is 1.97. The summed E-state index contributed by atoms with van der Waals surface area (Å²) in [5, 5.41) is 3.56. The van der Waals surface area contributed by atoms with E-state index in [0.717, 1.165) is 15.8 Å². The van der Waals surface area contributed by atoms with Gasteiger partial charge in [0.25, 0.3) is 0 Å². The summed E-state index contributed by atoms with van der Waals surface area (Å²) in [6, 6.07) is 7.18. The highest BCUT2D eigenvalue weighted by Gasteiger charge is 2.15. The van der Waals surface area contributed by atoms with Gasteiger partial charge in [0, 0.05) is 16.2 Å². The fraction of sp³-hybridized carbons (Fsp3) is 0.250. The molecule has 1 N–H and O–H groups in total. The lowest BCUT2D eigenvalue weighted by Gasteiger charge is -2.19. The highest BCUT2D eigenvalue weighted by atomic mass is 79.9. The standard InChI is InChI=1S/C16H16BrClN2O3/c1-9(12-7-11(17)4-5-14(12)22-2)20-15-13(18)6-10(8-19-15)16(21)23-3/h4-9H,1-3H3,(H,19,20). The molecule has 0 radical (unpaired) electrons. The van der Waals surface area contributed by atoms with E-state index >= 15 is 0 Å². The number of hydrogen-bond acceptors (Lipinski definition) is 5. The first kappa shape index (κ1) is 17.6. The van der Waals surface area contributed by atoms with Crippen LogP contribution in [0, 0.1) is 0 Å². The fourth-order valence-corrected chi connectivity index (χ4v) is 2.70. The second-order valence-corrected chi connectivity index (χ2v) is 6.12. The summed E-state index contributed by atoms with van der Waals surface area (Å²) in [5.74, 6) is 0.761. The highest BCUT2D eigenvalue weighted by Crippen LogP contribution is 2.32. The van der Waals surface area contributed by atoms with E-state index in [0.29, 0.717) is 16.4 Å². The molecule has 2 aromatic rings. The van der Waals surface area contributed by atoms with Crippen molar-refractivity contribution in [1.29, 1.82) is 0 Å². The van der Waals surface area contributed by atoms with E-state index in [-0.39, 0.29) is 6.04 Å². The van der Waals surface area contributed by atoms with Gasteiger partial charge in [-0.25, -0.2) is 9.78 Å². The Labute approximate surface area is 148 Å². The van der Waals surface area contributed by atoms with E-state index in [1.165, 1.54) is 19.4 Å². The lowest BCUT2D eigenvalue weighted by Crippen LogP contribution is -2.11. The van der Waals surface area contributed by atoms with Crippen molar-refractivity contribution >= 4 is 39.3 Å². The molecule has 0 aliphatic carbocycles. The van der Waals surface area contributed by atoms with Gasteiger partial charge in [0.2, 0.25) is 0 Å². The minimum atomic E-state index is -0.479. The third kappa shape index (κ3) is 4.14. The Kier molecular flexibility index (Phi) is 5.85. The van der Waals surface area contributed by atoms with Gasteiger partial charge >= 0.3 is 5.97 Å². The third-order valence-electron chi connectivity index (χ3n) is 3.27. The van der Waals surface area contributed by atoms with Crippen molar-refractivity contribution in [3.63, 3.8) is 0 Å². The average molecular weight is 400 g/mol. The average Bonchev–Trinajstić information content (AvgIpc) is 2.55. The van der Waals surface area contributed by atoms with Gasteiger partial charge in [0.15, 0.2) is 0 Å². The Hall–Kier alpha value is -1.79. The Balaban J connectivity index is 2.25. The summed E-state index contributed by atoms with van der Waals surface area (Å²) in [5.41, 5.74) is 1.26. The number of esters is 1. The van der Waals surface area contributed by atoms with Crippen molar-refractivity contribution in [3.8, 4) is 5.75 Å². The van der Waals surface area contributed by atoms with E-state index in [1.807, 2.05) is 25.1 Å². The molecule has 0 spiro atoms. The number of aromatic nitrogens is 1. The zero-order valence-corrected chi connectivity index (χ0v) is 15.2. The maximum absolute atomic E-state index is 11.5. The van der Waals surface area contributed by atoms with Crippen LogP contribution in [-0.4, -0.2) is 25.2 Å². The number of nitrogens with zero attached hydrogens (tertiary/aromatic N) is 1. The monoisotopic (exact) mass is 398 g/mol. The summed E-state index contributed by atoms with van der Waals surface area (Å²) in [4.78, 5) is 15.7. The molecular weight excluding hydrogens is 384 g/mol. The molecule has 5 nitrogen and oxygen atoms in total. The molecule has 23 heavy (non-hydrogen) atoms. The summed E-state index contributed by atoms with van der Waals surface area (Å²) in [6.07, 6.45) is 1.42. The van der Waals surface area contributed by atoms with Crippen LogP contribution in [0.3, 0.4) is 0 Å². The van der Waals surface area contributed by atoms with Gasteiger partial charge < -0.3 is 14.8 Å². The Morgan fingerprint density at radius 3 is 2.70 bits per heavy atom. The van der Waals surface area contributed by atoms with Crippen LogP contribution in [0.5, 0.6) is 5.75 Å². The minimum Gasteiger partial charge on any atom is -0.496 e. The van der Waals surface area contributed by atoms with E-state index in [2.05, 4.69) is 31.0 Å². The van der Waals surface area contributed by atoms with Crippen LogP contribution in [0.1, 0.15) is 28.9 Å². The number of carbonyl (C=O) groups excluding carboxylic acids is 1. The molecule has 7 heteroatoms. The van der Waals surface area contributed by atoms with Gasteiger partial charge in [-0.2, -0.15) is 0 Å². The van der Waals surface area contributed by atoms with Crippen LogP contribution in [0.2, 0.25) is 5.02 Å². The fourth-order valence-electron chi connectivity index (χ4n) is 2.10. The molecule has 1 aromatic carbocycles. The van der Waals surface area contributed by atoms with Crippen molar-refractivity contribution in [3.05, 3.63) is 51.1 Å². The first-order valence-corrected chi connectivity index (χ1v) is 7.97. The molecule has 0 saturated heterocycles. The van der Waals surface area contributed by atoms with Gasteiger partial charge in [0.05, 0.1) is 30.8 Å². The minimum absolute atomic E-state index is 0.101. The van der Waals surface area contributed by atoms with Crippen LogP contribution >= 0.6 is 27.5 Å². The number of rotatable bonds is 5. The molecule has 1 unspecified atom stereocenters. The largest absolute Gasteiger partial charge is 0.496 e. The van der Waals surface area contributed by atoms with Crippen LogP contribution in [0.15, 0.2) is 34.9 Å². The van der Waals surface area contributed by atoms with Crippen molar-refractivity contribution in [2.24, 2.45) is 0 Å². The van der Waals surface area contributed by atoms with Gasteiger partial charge in [-0.1, -0.05) is 27.5 Å². The number of benzene rings is 1. The molecule has 122 valence electrons. The van der Waals surface area contributed by atoms with Gasteiger partial charge in [-0.15, -0.1) is 0 Å². The van der Waals surface area contributed by atoms with E-state index in [1.54, 1.807) is 7.11 Å². The molecule has 2 rings (SSSR count). The number of nitrogens with one attached hydrogen (secondary N) is 1. The Morgan fingerprint density at radius 1 is 1.35 bits per heavy atom. The maximum Gasteiger partial charge on any atom is 0.339 e. The quantitative estimate of drug-likeness (QED) is 0.752. The van der Waals surface area contributed by atoms with Crippen molar-refractivity contribution < 1.29 is 14.3 Å². The zero-order valence-electron chi connectivity index (χ0n) is 12.9. The first-order valence-electron chi connectivity index (χ1n) is 6.80. The van der Waals surface area contributed by atoms with Gasteiger partial charge in [0.1, 0.15) is 11.6 Å². The number of methoxy groups -OCH3 is 2. The molecule has 1 heterocycles. The molecular formula is C16H16BrClN2O3. The molecule has 0 saturated carbocycles. The van der Waals surface area contributed by atoms with Crippen LogP contribution < -0.4 is 10.1 Å². The third-order valence-corrected chi connectivity index (χ3v) is 4.06. The van der Waals surface area contributed by atoms with E-state index in [4.69, 9.17) is 16.3 Å². The van der Waals surface area contributed by atoms with E-state index < -0.39 is 5.97 Å². The number of hydrogen-bond donors (Lipinski definition) is 1. The molecule has 0 amide bonds. The van der Waals surface area contributed by atoms with E-state index in [9.17, 15) is 4.79 Å². The normalized spacial score (nSPS) is 11.7.